The van der Waals surface area contributed by atoms with Crippen LogP contribution in [0.2, 0.25) is 0 Å². The molecule has 2 N–H and O–H groups in total. The summed E-state index contributed by atoms with van der Waals surface area (Å²) < 4.78 is 0. The van der Waals surface area contributed by atoms with E-state index in [1.54, 1.807) is 0 Å². The Morgan fingerprint density at radius 2 is 2.27 bits per heavy atom. The zero-order valence-electron chi connectivity index (χ0n) is 6.62. The van der Waals surface area contributed by atoms with Crippen molar-refractivity contribution >= 4 is 5.91 Å². The molecule has 2 aliphatic rings. The molecular formula is C8H14N2O. The first kappa shape index (κ1) is 7.10. The Labute approximate surface area is 66.5 Å². The van der Waals surface area contributed by atoms with Crippen LogP contribution >= 0.6 is 0 Å². The van der Waals surface area contributed by atoms with E-state index in [0.717, 1.165) is 19.4 Å². The Balaban J connectivity index is 2.13. The van der Waals surface area contributed by atoms with Crippen LogP contribution in [0, 0.1) is 0 Å². The monoisotopic (exact) mass is 154 g/mol. The van der Waals surface area contributed by atoms with E-state index in [9.17, 15) is 4.79 Å². The summed E-state index contributed by atoms with van der Waals surface area (Å²) in [5.41, 5.74) is 5.82. The van der Waals surface area contributed by atoms with Gasteiger partial charge in [-0.15, -0.1) is 0 Å². The van der Waals surface area contributed by atoms with E-state index < -0.39 is 0 Å². The van der Waals surface area contributed by atoms with Crippen LogP contribution in [0.25, 0.3) is 0 Å². The summed E-state index contributed by atoms with van der Waals surface area (Å²) in [6.45, 7) is 0.942. The third kappa shape index (κ3) is 1.03. The maximum atomic E-state index is 11.3. The number of carbonyl (C=O) groups excluding carboxylic acids is 1. The van der Waals surface area contributed by atoms with E-state index in [4.69, 9.17) is 5.73 Å². The average Bonchev–Trinajstić information content (AvgIpc) is 2.30. The molecule has 3 heteroatoms. The second kappa shape index (κ2) is 2.48. The van der Waals surface area contributed by atoms with Gasteiger partial charge in [-0.05, 0) is 19.3 Å². The average molecular weight is 154 g/mol. The number of nitrogens with two attached hydrogens (primary N) is 1. The predicted molar refractivity (Wildman–Crippen MR) is 41.9 cm³/mol. The number of hydrogen-bond acceptors (Lipinski definition) is 2. The van der Waals surface area contributed by atoms with Gasteiger partial charge in [0.25, 0.3) is 0 Å². The molecule has 62 valence electrons. The third-order valence-electron chi connectivity index (χ3n) is 2.77. The summed E-state index contributed by atoms with van der Waals surface area (Å²) in [6, 6.07) is 0.485. The van der Waals surface area contributed by atoms with Crippen molar-refractivity contribution in [3.63, 3.8) is 0 Å². The van der Waals surface area contributed by atoms with Crippen LogP contribution < -0.4 is 5.73 Å². The van der Waals surface area contributed by atoms with Crippen LogP contribution in [-0.4, -0.2) is 29.4 Å². The zero-order valence-corrected chi connectivity index (χ0v) is 6.62. The molecular weight excluding hydrogens is 140 g/mol. The molecule has 0 radical (unpaired) electrons. The van der Waals surface area contributed by atoms with Crippen LogP contribution in [0.1, 0.15) is 25.7 Å². The number of carbonyl (C=O) groups is 1. The summed E-state index contributed by atoms with van der Waals surface area (Å²) in [4.78, 5) is 13.2. The second-order valence-corrected chi connectivity index (χ2v) is 3.52. The van der Waals surface area contributed by atoms with Gasteiger partial charge in [-0.25, -0.2) is 0 Å². The largest absolute Gasteiger partial charge is 0.338 e. The maximum Gasteiger partial charge on any atom is 0.224 e. The first-order valence-corrected chi connectivity index (χ1v) is 4.34. The van der Waals surface area contributed by atoms with Gasteiger partial charge in [0, 0.05) is 25.0 Å². The molecule has 0 spiro atoms. The second-order valence-electron chi connectivity index (χ2n) is 3.52. The Hall–Kier alpha value is -0.570. The molecule has 2 rings (SSSR count). The van der Waals surface area contributed by atoms with Crippen molar-refractivity contribution in [2.75, 3.05) is 6.54 Å². The van der Waals surface area contributed by atoms with Crippen LogP contribution in [0.5, 0.6) is 0 Å². The first-order chi connectivity index (χ1) is 5.29. The smallest absolute Gasteiger partial charge is 0.224 e. The molecule has 2 saturated heterocycles. The molecule has 2 heterocycles. The first-order valence-electron chi connectivity index (χ1n) is 4.34. The maximum absolute atomic E-state index is 11.3. The lowest BCUT2D eigenvalue weighted by molar-refractivity contribution is -0.129. The number of rotatable bonds is 0. The van der Waals surface area contributed by atoms with Gasteiger partial charge in [0.15, 0.2) is 0 Å². The van der Waals surface area contributed by atoms with Crippen LogP contribution in [0.3, 0.4) is 0 Å². The zero-order chi connectivity index (χ0) is 7.84. The van der Waals surface area contributed by atoms with Gasteiger partial charge < -0.3 is 10.6 Å². The molecule has 0 aliphatic carbocycles. The lowest BCUT2D eigenvalue weighted by Crippen LogP contribution is -2.43. The lowest BCUT2D eigenvalue weighted by atomic mass is 10.00. The number of amides is 1. The lowest BCUT2D eigenvalue weighted by Gasteiger charge is -2.31. The highest BCUT2D eigenvalue weighted by molar-refractivity contribution is 5.80. The minimum absolute atomic E-state index is 0.114. The third-order valence-corrected chi connectivity index (χ3v) is 2.77. The number of piperidine rings is 1. The fraction of sp³-hybridized carbons (Fsp3) is 0.875. The highest BCUT2D eigenvalue weighted by Crippen LogP contribution is 2.26. The molecule has 0 aromatic carbocycles. The van der Waals surface area contributed by atoms with E-state index in [2.05, 4.69) is 0 Å². The van der Waals surface area contributed by atoms with Gasteiger partial charge in [-0.3, -0.25) is 4.79 Å². The minimum Gasteiger partial charge on any atom is -0.338 e. The molecule has 0 aromatic rings. The molecule has 0 bridgehead atoms. The number of hydrogen-bond donors (Lipinski definition) is 1. The molecule has 1 amide bonds. The van der Waals surface area contributed by atoms with Gasteiger partial charge in [0.1, 0.15) is 0 Å². The Bertz CT molecular complexity index is 181. The van der Waals surface area contributed by atoms with E-state index >= 15 is 0 Å². The van der Waals surface area contributed by atoms with Crippen molar-refractivity contribution in [3.8, 4) is 0 Å². The van der Waals surface area contributed by atoms with E-state index in [-0.39, 0.29) is 11.9 Å². The van der Waals surface area contributed by atoms with Gasteiger partial charge in [0.2, 0.25) is 5.91 Å². The summed E-state index contributed by atoms with van der Waals surface area (Å²) in [7, 11) is 0. The van der Waals surface area contributed by atoms with Gasteiger partial charge >= 0.3 is 0 Å². The molecule has 0 saturated carbocycles. The van der Waals surface area contributed by atoms with Crippen molar-refractivity contribution in [1.29, 1.82) is 0 Å². The number of nitrogens with zero attached hydrogens (tertiary/aromatic N) is 1. The Morgan fingerprint density at radius 1 is 1.45 bits per heavy atom. The Morgan fingerprint density at radius 3 is 3.00 bits per heavy atom. The van der Waals surface area contributed by atoms with Crippen molar-refractivity contribution in [2.45, 2.75) is 37.8 Å². The molecule has 2 fully saturated rings. The fourth-order valence-corrected chi connectivity index (χ4v) is 2.17. The SMILES string of the molecule is N[C@H]1CC(=O)N2CCCC[C@@H]12. The molecule has 0 unspecified atom stereocenters. The molecule has 2 atom stereocenters. The van der Waals surface area contributed by atoms with Gasteiger partial charge in [-0.1, -0.05) is 0 Å². The van der Waals surface area contributed by atoms with Gasteiger partial charge in [0.05, 0.1) is 0 Å². The van der Waals surface area contributed by atoms with Crippen LogP contribution in [0.15, 0.2) is 0 Å². The van der Waals surface area contributed by atoms with Crippen molar-refractivity contribution < 1.29 is 4.79 Å². The van der Waals surface area contributed by atoms with E-state index in [1.165, 1.54) is 6.42 Å². The predicted octanol–water partition coefficient (Wildman–Crippen LogP) is 0.0985. The summed E-state index contributed by atoms with van der Waals surface area (Å²) >= 11 is 0. The number of fused-ring (bicyclic) bond motifs is 1. The molecule has 3 nitrogen and oxygen atoms in total. The summed E-state index contributed by atoms with van der Waals surface area (Å²) in [6.07, 6.45) is 4.09. The van der Waals surface area contributed by atoms with Crippen molar-refractivity contribution in [3.05, 3.63) is 0 Å². The quantitative estimate of drug-likeness (QED) is 0.538. The molecule has 0 aromatic heterocycles. The van der Waals surface area contributed by atoms with Gasteiger partial charge in [-0.2, -0.15) is 0 Å². The van der Waals surface area contributed by atoms with Crippen molar-refractivity contribution in [2.24, 2.45) is 5.73 Å². The topological polar surface area (TPSA) is 46.3 Å². The Kier molecular flexibility index (Phi) is 1.60. The summed E-state index contributed by atoms with van der Waals surface area (Å²) in [5, 5.41) is 0. The van der Waals surface area contributed by atoms with E-state index in [1.807, 2.05) is 4.90 Å². The molecule has 11 heavy (non-hydrogen) atoms. The van der Waals surface area contributed by atoms with Crippen LogP contribution in [0.4, 0.5) is 0 Å². The highest BCUT2D eigenvalue weighted by atomic mass is 16.2. The van der Waals surface area contributed by atoms with E-state index in [0.29, 0.717) is 12.5 Å². The standard InChI is InChI=1S/C8H14N2O/c9-6-5-8(11)10-4-2-1-3-7(6)10/h6-7H,1-5,9H2/t6-,7-/m0/s1. The summed E-state index contributed by atoms with van der Waals surface area (Å²) in [5.74, 6) is 0.266. The highest BCUT2D eigenvalue weighted by Gasteiger charge is 2.38. The van der Waals surface area contributed by atoms with Crippen LogP contribution in [-0.2, 0) is 4.79 Å². The molecule has 2 aliphatic heterocycles. The van der Waals surface area contributed by atoms with Crippen molar-refractivity contribution in [1.82, 2.24) is 4.90 Å². The minimum atomic E-state index is 0.114. The fourth-order valence-electron chi connectivity index (χ4n) is 2.17. The normalized spacial score (nSPS) is 37.5.